The maximum Gasteiger partial charge on any atom is 0.136 e. The fourth-order valence-corrected chi connectivity index (χ4v) is 1.33. The van der Waals surface area contributed by atoms with E-state index in [1.807, 2.05) is 25.9 Å². The van der Waals surface area contributed by atoms with E-state index in [1.165, 1.54) is 6.33 Å². The number of nitrogens with one attached hydrogen (secondary N) is 1. The Morgan fingerprint density at radius 2 is 2.21 bits per heavy atom. The summed E-state index contributed by atoms with van der Waals surface area (Å²) in [6, 6.07) is 0. The predicted molar refractivity (Wildman–Crippen MR) is 56.7 cm³/mol. The summed E-state index contributed by atoms with van der Waals surface area (Å²) in [6.07, 6.45) is 1.52. The van der Waals surface area contributed by atoms with Crippen LogP contribution in [0.5, 0.6) is 0 Å². The van der Waals surface area contributed by atoms with Gasteiger partial charge in [-0.3, -0.25) is 0 Å². The fourth-order valence-electron chi connectivity index (χ4n) is 1.33. The molecule has 2 N–H and O–H groups in total. The molecule has 14 heavy (non-hydrogen) atoms. The van der Waals surface area contributed by atoms with Gasteiger partial charge in [-0.25, -0.2) is 9.97 Å². The average molecular weight is 196 g/mol. The number of anilines is 2. The highest BCUT2D eigenvalue weighted by molar-refractivity contribution is 5.57. The Balaban J connectivity index is 2.96. The molecule has 0 amide bonds. The molecule has 0 atom stereocenters. The Bertz CT molecular complexity index is 303. The molecule has 0 aliphatic rings. The molecular formula is C9H16N4O. The van der Waals surface area contributed by atoms with Crippen LogP contribution in [0.1, 0.15) is 5.56 Å². The van der Waals surface area contributed by atoms with Crippen molar-refractivity contribution in [3.8, 4) is 0 Å². The standard InChI is InChI=1S/C9H16N4O/c1-7-8(10-2)11-6-12-9(7)13(3)4-5-14/h6,14H,4-5H2,1-3H3,(H,10,11,12). The molecule has 78 valence electrons. The molecule has 0 aliphatic heterocycles. The molecular weight excluding hydrogens is 180 g/mol. The van der Waals surface area contributed by atoms with Gasteiger partial charge >= 0.3 is 0 Å². The van der Waals surface area contributed by atoms with Crippen LogP contribution in [-0.2, 0) is 0 Å². The van der Waals surface area contributed by atoms with Gasteiger partial charge in [0.15, 0.2) is 0 Å². The molecule has 0 unspecified atom stereocenters. The van der Waals surface area contributed by atoms with Gasteiger partial charge in [0.05, 0.1) is 6.61 Å². The number of aromatic nitrogens is 2. The Morgan fingerprint density at radius 3 is 2.79 bits per heavy atom. The molecule has 5 heteroatoms. The summed E-state index contributed by atoms with van der Waals surface area (Å²) in [7, 11) is 3.72. The van der Waals surface area contributed by atoms with E-state index in [4.69, 9.17) is 5.11 Å². The molecule has 0 spiro atoms. The lowest BCUT2D eigenvalue weighted by Gasteiger charge is -2.19. The summed E-state index contributed by atoms with van der Waals surface area (Å²) in [4.78, 5) is 10.2. The molecule has 1 heterocycles. The number of hydrogen-bond donors (Lipinski definition) is 2. The monoisotopic (exact) mass is 196 g/mol. The topological polar surface area (TPSA) is 61.3 Å². The predicted octanol–water partition coefficient (Wildman–Crippen LogP) is 0.255. The van der Waals surface area contributed by atoms with Crippen LogP contribution in [0, 0.1) is 6.92 Å². The number of aliphatic hydroxyl groups excluding tert-OH is 1. The zero-order valence-corrected chi connectivity index (χ0v) is 8.78. The van der Waals surface area contributed by atoms with Crippen molar-refractivity contribution in [3.05, 3.63) is 11.9 Å². The molecule has 0 bridgehead atoms. The average Bonchev–Trinajstić information content (AvgIpc) is 2.18. The third kappa shape index (κ3) is 2.11. The van der Waals surface area contributed by atoms with Gasteiger partial charge in [-0.05, 0) is 6.92 Å². The zero-order chi connectivity index (χ0) is 10.6. The second kappa shape index (κ2) is 4.76. The van der Waals surface area contributed by atoms with Gasteiger partial charge in [-0.15, -0.1) is 0 Å². The van der Waals surface area contributed by atoms with Crippen molar-refractivity contribution in [1.82, 2.24) is 9.97 Å². The van der Waals surface area contributed by atoms with Gasteiger partial charge in [-0.1, -0.05) is 0 Å². The highest BCUT2D eigenvalue weighted by atomic mass is 16.3. The first kappa shape index (κ1) is 10.7. The van der Waals surface area contributed by atoms with Gasteiger partial charge in [0, 0.05) is 26.2 Å². The number of hydrogen-bond acceptors (Lipinski definition) is 5. The van der Waals surface area contributed by atoms with E-state index in [1.54, 1.807) is 0 Å². The maximum atomic E-state index is 8.81. The third-order valence-electron chi connectivity index (χ3n) is 2.09. The Morgan fingerprint density at radius 1 is 1.50 bits per heavy atom. The minimum Gasteiger partial charge on any atom is -0.395 e. The summed E-state index contributed by atoms with van der Waals surface area (Å²) in [6.45, 7) is 2.64. The molecule has 0 radical (unpaired) electrons. The fraction of sp³-hybridized carbons (Fsp3) is 0.556. The van der Waals surface area contributed by atoms with Crippen molar-refractivity contribution >= 4 is 11.6 Å². The highest BCUT2D eigenvalue weighted by Gasteiger charge is 2.08. The lowest BCUT2D eigenvalue weighted by Crippen LogP contribution is -2.23. The third-order valence-corrected chi connectivity index (χ3v) is 2.09. The lowest BCUT2D eigenvalue weighted by molar-refractivity contribution is 0.304. The SMILES string of the molecule is CNc1ncnc(N(C)CCO)c1C. The molecule has 5 nitrogen and oxygen atoms in total. The van der Waals surface area contributed by atoms with Crippen LogP contribution in [0.2, 0.25) is 0 Å². The van der Waals surface area contributed by atoms with Crippen molar-refractivity contribution in [2.75, 3.05) is 37.5 Å². The Hall–Kier alpha value is -1.36. The largest absolute Gasteiger partial charge is 0.395 e. The normalized spacial score (nSPS) is 10.0. The molecule has 1 rings (SSSR count). The van der Waals surface area contributed by atoms with Crippen LogP contribution >= 0.6 is 0 Å². The number of aliphatic hydroxyl groups is 1. The summed E-state index contributed by atoms with van der Waals surface area (Å²) < 4.78 is 0. The van der Waals surface area contributed by atoms with Crippen molar-refractivity contribution in [2.24, 2.45) is 0 Å². The number of likely N-dealkylation sites (N-methyl/N-ethyl adjacent to an activating group) is 1. The number of rotatable bonds is 4. The van der Waals surface area contributed by atoms with Crippen LogP contribution in [0.4, 0.5) is 11.6 Å². The molecule has 1 aromatic rings. The zero-order valence-electron chi connectivity index (χ0n) is 8.78. The van der Waals surface area contributed by atoms with Crippen molar-refractivity contribution in [1.29, 1.82) is 0 Å². The minimum absolute atomic E-state index is 0.120. The summed E-state index contributed by atoms with van der Waals surface area (Å²) in [5.74, 6) is 1.66. The summed E-state index contributed by atoms with van der Waals surface area (Å²) in [5.41, 5.74) is 0.992. The maximum absolute atomic E-state index is 8.81. The minimum atomic E-state index is 0.120. The van der Waals surface area contributed by atoms with Crippen molar-refractivity contribution in [3.63, 3.8) is 0 Å². The van der Waals surface area contributed by atoms with Crippen molar-refractivity contribution < 1.29 is 5.11 Å². The van der Waals surface area contributed by atoms with Crippen molar-refractivity contribution in [2.45, 2.75) is 6.92 Å². The van der Waals surface area contributed by atoms with E-state index in [2.05, 4.69) is 15.3 Å². The van der Waals surface area contributed by atoms with E-state index < -0.39 is 0 Å². The Labute approximate surface area is 83.8 Å². The number of nitrogens with zero attached hydrogens (tertiary/aromatic N) is 3. The van der Waals surface area contributed by atoms with Gasteiger partial charge < -0.3 is 15.3 Å². The molecule has 0 saturated heterocycles. The van der Waals surface area contributed by atoms with Crippen LogP contribution in [0.3, 0.4) is 0 Å². The molecule has 1 aromatic heterocycles. The molecule has 0 saturated carbocycles. The van der Waals surface area contributed by atoms with Gasteiger partial charge in [0.2, 0.25) is 0 Å². The van der Waals surface area contributed by atoms with Gasteiger partial charge in [0.25, 0.3) is 0 Å². The second-order valence-electron chi connectivity index (χ2n) is 3.07. The first-order valence-corrected chi connectivity index (χ1v) is 4.52. The quantitative estimate of drug-likeness (QED) is 0.723. The summed E-state index contributed by atoms with van der Waals surface area (Å²) in [5, 5.41) is 11.8. The van der Waals surface area contributed by atoms with Crippen LogP contribution in [0.15, 0.2) is 6.33 Å². The van der Waals surface area contributed by atoms with E-state index in [0.717, 1.165) is 17.2 Å². The van der Waals surface area contributed by atoms with Gasteiger partial charge in [0.1, 0.15) is 18.0 Å². The smallest absolute Gasteiger partial charge is 0.136 e. The first-order chi connectivity index (χ1) is 6.70. The lowest BCUT2D eigenvalue weighted by atomic mass is 10.3. The molecule has 0 fully saturated rings. The molecule has 0 aliphatic carbocycles. The molecule has 0 aromatic carbocycles. The highest BCUT2D eigenvalue weighted by Crippen LogP contribution is 2.19. The summed E-state index contributed by atoms with van der Waals surface area (Å²) >= 11 is 0. The first-order valence-electron chi connectivity index (χ1n) is 4.52. The van der Waals surface area contributed by atoms with Crippen LogP contribution in [0.25, 0.3) is 0 Å². The Kier molecular flexibility index (Phi) is 3.64. The van der Waals surface area contributed by atoms with E-state index in [9.17, 15) is 0 Å². The van der Waals surface area contributed by atoms with E-state index in [0.29, 0.717) is 6.54 Å². The second-order valence-corrected chi connectivity index (χ2v) is 3.07. The van der Waals surface area contributed by atoms with E-state index >= 15 is 0 Å². The van der Waals surface area contributed by atoms with Crippen LogP contribution in [-0.4, -0.2) is 42.3 Å². The van der Waals surface area contributed by atoms with Crippen LogP contribution < -0.4 is 10.2 Å². The van der Waals surface area contributed by atoms with E-state index in [-0.39, 0.29) is 6.61 Å². The van der Waals surface area contributed by atoms with Gasteiger partial charge in [-0.2, -0.15) is 0 Å².